The predicted octanol–water partition coefficient (Wildman–Crippen LogP) is 0.364. The quantitative estimate of drug-likeness (QED) is 0.614. The van der Waals surface area contributed by atoms with Gasteiger partial charge in [0, 0.05) is 5.69 Å². The van der Waals surface area contributed by atoms with Gasteiger partial charge in [-0.25, -0.2) is 4.79 Å². The number of hydrogen-bond donors (Lipinski definition) is 3. The lowest BCUT2D eigenvalue weighted by Crippen LogP contribution is -2.22. The minimum atomic E-state index is -0.960. The molecule has 0 aromatic carbocycles. The van der Waals surface area contributed by atoms with E-state index in [4.69, 9.17) is 10.8 Å². The van der Waals surface area contributed by atoms with Crippen LogP contribution in [0.2, 0.25) is 0 Å². The van der Waals surface area contributed by atoms with Gasteiger partial charge in [0.05, 0.1) is 11.2 Å². The van der Waals surface area contributed by atoms with Gasteiger partial charge in [0.25, 0.3) is 0 Å². The summed E-state index contributed by atoms with van der Waals surface area (Å²) >= 11 is 0. The number of aromatic nitrogens is 2. The third kappa shape index (κ3) is 1.12. The number of nitrogens with zero attached hydrogens (tertiary/aromatic N) is 1. The van der Waals surface area contributed by atoms with Crippen LogP contribution >= 0.6 is 0 Å². The lowest BCUT2D eigenvalue weighted by atomic mass is 10.1. The van der Waals surface area contributed by atoms with Gasteiger partial charge in [0.1, 0.15) is 5.56 Å². The smallest absolute Gasteiger partial charge is 0.339 e. The molecule has 0 saturated heterocycles. The Bertz CT molecular complexity index is 365. The van der Waals surface area contributed by atoms with Gasteiger partial charge < -0.3 is 10.8 Å². The molecule has 0 atom stereocenters. The van der Waals surface area contributed by atoms with Crippen LogP contribution in [0.3, 0.4) is 0 Å². The number of aryl methyl sites for hydroxylation is 1. The Kier molecular flexibility index (Phi) is 1.47. The van der Waals surface area contributed by atoms with Gasteiger partial charge >= 0.3 is 5.97 Å². The third-order valence-corrected chi connectivity index (χ3v) is 2.42. The first-order valence-corrected chi connectivity index (χ1v) is 4.12. The summed E-state index contributed by atoms with van der Waals surface area (Å²) in [7, 11) is 0. The number of hydrogen-bond acceptors (Lipinski definition) is 3. The van der Waals surface area contributed by atoms with E-state index in [0.717, 1.165) is 12.8 Å². The number of aromatic amines is 1. The number of nitrogens with two attached hydrogens (primary N) is 1. The summed E-state index contributed by atoms with van der Waals surface area (Å²) in [6.07, 6.45) is 1.63. The fraction of sp³-hybridized carbons (Fsp3) is 0.500. The number of aromatic carboxylic acids is 1. The van der Waals surface area contributed by atoms with Gasteiger partial charge in [0.2, 0.25) is 0 Å². The third-order valence-electron chi connectivity index (χ3n) is 2.42. The summed E-state index contributed by atoms with van der Waals surface area (Å²) in [5.74, 6) is -0.960. The van der Waals surface area contributed by atoms with E-state index in [0.29, 0.717) is 11.4 Å². The van der Waals surface area contributed by atoms with Crippen LogP contribution in [0.1, 0.15) is 34.6 Å². The van der Waals surface area contributed by atoms with Gasteiger partial charge in [-0.15, -0.1) is 0 Å². The van der Waals surface area contributed by atoms with Crippen molar-refractivity contribution in [3.63, 3.8) is 0 Å². The molecule has 2 rings (SSSR count). The topological polar surface area (TPSA) is 92.0 Å². The van der Waals surface area contributed by atoms with Crippen molar-refractivity contribution in [3.8, 4) is 0 Å². The number of H-pyrrole nitrogens is 1. The van der Waals surface area contributed by atoms with Crippen LogP contribution in [-0.4, -0.2) is 21.3 Å². The highest BCUT2D eigenvalue weighted by molar-refractivity contribution is 5.90. The molecule has 4 N–H and O–H groups in total. The Labute approximate surface area is 74.9 Å². The number of carboxylic acid groups (broad SMARTS) is 1. The molecule has 1 aromatic rings. The highest BCUT2D eigenvalue weighted by Crippen LogP contribution is 2.43. The zero-order valence-electron chi connectivity index (χ0n) is 7.29. The lowest BCUT2D eigenvalue weighted by Gasteiger charge is -2.05. The summed E-state index contributed by atoms with van der Waals surface area (Å²) in [4.78, 5) is 10.9. The molecule has 0 aliphatic heterocycles. The van der Waals surface area contributed by atoms with Crippen molar-refractivity contribution in [2.24, 2.45) is 5.73 Å². The average molecular weight is 181 g/mol. The minimum Gasteiger partial charge on any atom is -0.478 e. The molecule has 0 spiro atoms. The zero-order valence-corrected chi connectivity index (χ0v) is 7.29. The molecule has 5 heteroatoms. The van der Waals surface area contributed by atoms with Gasteiger partial charge in [0.15, 0.2) is 0 Å². The fourth-order valence-corrected chi connectivity index (χ4v) is 1.42. The van der Waals surface area contributed by atoms with Crippen LogP contribution in [0.5, 0.6) is 0 Å². The largest absolute Gasteiger partial charge is 0.478 e. The van der Waals surface area contributed by atoms with E-state index >= 15 is 0 Å². The van der Waals surface area contributed by atoms with Crippen molar-refractivity contribution in [2.45, 2.75) is 25.3 Å². The van der Waals surface area contributed by atoms with Crippen molar-refractivity contribution in [2.75, 3.05) is 0 Å². The van der Waals surface area contributed by atoms with Crippen molar-refractivity contribution in [1.29, 1.82) is 0 Å². The maximum Gasteiger partial charge on any atom is 0.339 e. The van der Waals surface area contributed by atoms with Crippen LogP contribution in [0.25, 0.3) is 0 Å². The Hall–Kier alpha value is -1.36. The molecule has 0 radical (unpaired) electrons. The summed E-state index contributed by atoms with van der Waals surface area (Å²) in [6, 6.07) is 0. The van der Waals surface area contributed by atoms with Gasteiger partial charge in [-0.2, -0.15) is 5.10 Å². The monoisotopic (exact) mass is 181 g/mol. The fourth-order valence-electron chi connectivity index (χ4n) is 1.42. The van der Waals surface area contributed by atoms with E-state index in [9.17, 15) is 4.79 Å². The van der Waals surface area contributed by atoms with Gasteiger partial charge in [-0.05, 0) is 19.8 Å². The summed E-state index contributed by atoms with van der Waals surface area (Å²) in [6.45, 7) is 1.69. The molecule has 0 bridgehead atoms. The Morgan fingerprint density at radius 2 is 2.31 bits per heavy atom. The summed E-state index contributed by atoms with van der Waals surface area (Å²) < 4.78 is 0. The van der Waals surface area contributed by atoms with Crippen LogP contribution in [0, 0.1) is 6.92 Å². The first-order valence-electron chi connectivity index (χ1n) is 4.12. The van der Waals surface area contributed by atoms with Crippen LogP contribution < -0.4 is 5.73 Å². The van der Waals surface area contributed by atoms with Crippen molar-refractivity contribution in [1.82, 2.24) is 10.2 Å². The molecule has 0 unspecified atom stereocenters. The molecular weight excluding hydrogens is 170 g/mol. The van der Waals surface area contributed by atoms with Crippen LogP contribution in [0.15, 0.2) is 0 Å². The average Bonchev–Trinajstić information content (AvgIpc) is 2.63. The van der Waals surface area contributed by atoms with Crippen LogP contribution in [-0.2, 0) is 5.54 Å². The normalized spacial score (nSPS) is 18.6. The van der Waals surface area contributed by atoms with E-state index in [1.165, 1.54) is 0 Å². The van der Waals surface area contributed by atoms with E-state index in [1.807, 2.05) is 0 Å². The highest BCUT2D eigenvalue weighted by atomic mass is 16.4. The molecule has 13 heavy (non-hydrogen) atoms. The van der Waals surface area contributed by atoms with E-state index < -0.39 is 11.5 Å². The SMILES string of the molecule is Cc1[nH]nc(C2(N)CC2)c1C(=O)O. The second-order valence-electron chi connectivity index (χ2n) is 3.53. The van der Waals surface area contributed by atoms with Gasteiger partial charge in [-0.1, -0.05) is 0 Å². The number of nitrogens with one attached hydrogen (secondary N) is 1. The first kappa shape index (κ1) is 8.25. The molecule has 1 aromatic heterocycles. The molecule has 1 aliphatic rings. The first-order chi connectivity index (χ1) is 6.04. The Morgan fingerprint density at radius 3 is 2.77 bits per heavy atom. The maximum atomic E-state index is 10.9. The van der Waals surface area contributed by atoms with E-state index in [-0.39, 0.29) is 5.56 Å². The number of carboxylic acids is 1. The Morgan fingerprint density at radius 1 is 1.69 bits per heavy atom. The van der Waals surface area contributed by atoms with E-state index in [1.54, 1.807) is 6.92 Å². The van der Waals surface area contributed by atoms with Crippen LogP contribution in [0.4, 0.5) is 0 Å². The van der Waals surface area contributed by atoms with Crippen molar-refractivity contribution >= 4 is 5.97 Å². The minimum absolute atomic E-state index is 0.236. The van der Waals surface area contributed by atoms with Crippen molar-refractivity contribution in [3.05, 3.63) is 17.0 Å². The molecule has 0 amide bonds. The molecule has 1 heterocycles. The van der Waals surface area contributed by atoms with E-state index in [2.05, 4.69) is 10.2 Å². The van der Waals surface area contributed by atoms with Crippen molar-refractivity contribution < 1.29 is 9.90 Å². The maximum absolute atomic E-state index is 10.9. The number of rotatable bonds is 2. The molecule has 5 nitrogen and oxygen atoms in total. The standard InChI is InChI=1S/C8H11N3O2/c1-4-5(7(12)13)6(11-10-4)8(9)2-3-8/h2-3,9H2,1H3,(H,10,11)(H,12,13). The molecular formula is C8H11N3O2. The summed E-state index contributed by atoms with van der Waals surface area (Å²) in [5.41, 5.74) is 6.69. The molecule has 1 saturated carbocycles. The van der Waals surface area contributed by atoms with Gasteiger partial charge in [-0.3, -0.25) is 5.10 Å². The Balaban J connectivity index is 2.52. The zero-order chi connectivity index (χ0) is 9.64. The highest BCUT2D eigenvalue weighted by Gasteiger charge is 2.45. The molecule has 1 fully saturated rings. The molecule has 1 aliphatic carbocycles. The summed E-state index contributed by atoms with van der Waals surface area (Å²) in [5, 5.41) is 15.5. The second-order valence-corrected chi connectivity index (χ2v) is 3.53. The second kappa shape index (κ2) is 2.32. The molecule has 70 valence electrons. The lowest BCUT2D eigenvalue weighted by molar-refractivity contribution is 0.0694. The predicted molar refractivity (Wildman–Crippen MR) is 45.4 cm³/mol. The number of carbonyl (C=O) groups is 1.